The third-order valence-corrected chi connectivity index (χ3v) is 6.27. The summed E-state index contributed by atoms with van der Waals surface area (Å²) in [6.45, 7) is 4.41. The average Bonchev–Trinajstić information content (AvgIpc) is 3.29. The highest BCUT2D eigenvalue weighted by Crippen LogP contribution is 2.53. The van der Waals surface area contributed by atoms with Gasteiger partial charge < -0.3 is 30.0 Å². The van der Waals surface area contributed by atoms with Gasteiger partial charge in [0.15, 0.2) is 0 Å². The maximum atomic E-state index is 14.0. The lowest BCUT2D eigenvalue weighted by atomic mass is 10.1. The van der Waals surface area contributed by atoms with Gasteiger partial charge in [-0.05, 0) is 38.8 Å². The van der Waals surface area contributed by atoms with Gasteiger partial charge in [0.2, 0.25) is 5.91 Å². The number of ether oxygens (including phenoxy) is 2. The van der Waals surface area contributed by atoms with E-state index in [0.717, 1.165) is 5.56 Å². The molecule has 0 bridgehead atoms. The molecule has 2 unspecified atom stereocenters. The molecular weight excluding hydrogens is 408 g/mol. The molecule has 3 atom stereocenters. The zero-order valence-corrected chi connectivity index (χ0v) is 17.3. The third-order valence-electron chi connectivity index (χ3n) is 6.27. The van der Waals surface area contributed by atoms with Crippen molar-refractivity contribution >= 4 is 17.4 Å². The summed E-state index contributed by atoms with van der Waals surface area (Å²) in [6, 6.07) is 3.92. The van der Waals surface area contributed by atoms with Crippen LogP contribution in [0.1, 0.15) is 26.7 Å². The van der Waals surface area contributed by atoms with Crippen LogP contribution in [0.4, 0.5) is 20.3 Å². The summed E-state index contributed by atoms with van der Waals surface area (Å²) >= 11 is 0. The average molecular weight is 433 g/mol. The molecule has 5 rings (SSSR count). The van der Waals surface area contributed by atoms with E-state index in [4.69, 9.17) is 20.2 Å². The molecule has 3 aliphatic rings. The Hall–Kier alpha value is -2.88. The number of fused-ring (bicyclic) bond motifs is 3. The fraction of sp³-hybridized carbons (Fsp3) is 0.524. The quantitative estimate of drug-likeness (QED) is 0.753. The fourth-order valence-corrected chi connectivity index (χ4v) is 4.57. The van der Waals surface area contributed by atoms with Crippen LogP contribution in [-0.4, -0.2) is 52.4 Å². The summed E-state index contributed by atoms with van der Waals surface area (Å²) < 4.78 is 41.7. The number of amides is 1. The first-order valence-corrected chi connectivity index (χ1v) is 10.4. The van der Waals surface area contributed by atoms with E-state index in [0.29, 0.717) is 49.1 Å². The first kappa shape index (κ1) is 20.0. The van der Waals surface area contributed by atoms with Crippen molar-refractivity contribution in [3.05, 3.63) is 24.4 Å². The largest absolute Gasteiger partial charge is 0.491 e. The van der Waals surface area contributed by atoms with Crippen LogP contribution in [0.5, 0.6) is 5.75 Å². The highest BCUT2D eigenvalue weighted by Gasteiger charge is 2.63. The van der Waals surface area contributed by atoms with Crippen molar-refractivity contribution < 1.29 is 23.0 Å². The van der Waals surface area contributed by atoms with Gasteiger partial charge in [0.1, 0.15) is 42.3 Å². The number of carbonyl (C=O) groups excluding carboxylic acids is 1. The van der Waals surface area contributed by atoms with Gasteiger partial charge in [0, 0.05) is 18.0 Å². The molecule has 31 heavy (non-hydrogen) atoms. The first-order chi connectivity index (χ1) is 14.8. The van der Waals surface area contributed by atoms with E-state index in [2.05, 4.69) is 5.32 Å². The number of hydrogen-bond donors (Lipinski definition) is 2. The molecule has 166 valence electrons. The van der Waals surface area contributed by atoms with Gasteiger partial charge in [0.25, 0.3) is 6.43 Å². The molecule has 8 nitrogen and oxygen atoms in total. The number of nitrogens with zero attached hydrogens (tertiary/aromatic N) is 3. The van der Waals surface area contributed by atoms with Gasteiger partial charge >= 0.3 is 0 Å². The number of alkyl halides is 2. The van der Waals surface area contributed by atoms with E-state index >= 15 is 0 Å². The Bertz CT molecular complexity index is 1020. The number of primary amides is 1. The van der Waals surface area contributed by atoms with Crippen molar-refractivity contribution in [3.8, 4) is 17.1 Å². The third kappa shape index (κ3) is 3.29. The molecule has 1 spiro atoms. The van der Waals surface area contributed by atoms with Crippen LogP contribution < -0.4 is 20.7 Å². The van der Waals surface area contributed by atoms with Crippen LogP contribution >= 0.6 is 0 Å². The van der Waals surface area contributed by atoms with E-state index in [9.17, 15) is 13.6 Å². The highest BCUT2D eigenvalue weighted by molar-refractivity contribution is 5.83. The summed E-state index contributed by atoms with van der Waals surface area (Å²) in [5.74, 6) is 1.27. The fourth-order valence-electron chi connectivity index (χ4n) is 4.57. The van der Waals surface area contributed by atoms with Gasteiger partial charge in [0.05, 0.1) is 17.7 Å². The second kappa shape index (κ2) is 7.08. The summed E-state index contributed by atoms with van der Waals surface area (Å²) in [6.07, 6.45) is 0.0916. The number of rotatable bonds is 5. The standard InChI is InChI=1S/C21H25F2N5O3/c1-11(19(24)29)25-13-3-4-14-15(9-13)30-8-7-27-10-16(26-20(14)27)28-12(2)31-21(5-6-21)17(28)18(22)23/h3-4,9-12,17-18,25H,5-8H2,1-2H3,(H2,24,29)/t11-,12?,17?/m0/s1. The van der Waals surface area contributed by atoms with Gasteiger partial charge in [-0.25, -0.2) is 13.8 Å². The maximum Gasteiger partial charge on any atom is 0.261 e. The number of imidazole rings is 1. The molecule has 3 N–H and O–H groups in total. The monoisotopic (exact) mass is 433 g/mol. The number of nitrogens with one attached hydrogen (secondary N) is 1. The molecule has 1 aromatic heterocycles. The van der Waals surface area contributed by atoms with Crippen molar-refractivity contribution in [2.24, 2.45) is 5.73 Å². The Morgan fingerprint density at radius 3 is 2.84 bits per heavy atom. The minimum absolute atomic E-state index is 0.402. The topological polar surface area (TPSA) is 94.6 Å². The molecule has 2 aliphatic heterocycles. The van der Waals surface area contributed by atoms with Crippen LogP contribution in [0.25, 0.3) is 11.4 Å². The first-order valence-electron chi connectivity index (χ1n) is 10.4. The lowest BCUT2D eigenvalue weighted by molar-refractivity contribution is -0.118. The number of benzene rings is 1. The molecule has 0 radical (unpaired) electrons. The van der Waals surface area contributed by atoms with Crippen LogP contribution in [0, 0.1) is 0 Å². The number of nitrogens with two attached hydrogens (primary N) is 1. The molecule has 2 aromatic rings. The molecule has 1 aromatic carbocycles. The Morgan fingerprint density at radius 2 is 2.16 bits per heavy atom. The van der Waals surface area contributed by atoms with Gasteiger partial charge in [-0.2, -0.15) is 0 Å². The second-order valence-electron chi connectivity index (χ2n) is 8.41. The van der Waals surface area contributed by atoms with Crippen LogP contribution in [0.15, 0.2) is 24.4 Å². The van der Waals surface area contributed by atoms with Gasteiger partial charge in [-0.3, -0.25) is 4.79 Å². The molecule has 1 saturated carbocycles. The van der Waals surface area contributed by atoms with Crippen molar-refractivity contribution in [3.63, 3.8) is 0 Å². The van der Waals surface area contributed by atoms with E-state index in [-0.39, 0.29) is 0 Å². The van der Waals surface area contributed by atoms with E-state index < -0.39 is 36.2 Å². The summed E-state index contributed by atoms with van der Waals surface area (Å²) in [5.41, 5.74) is 6.02. The van der Waals surface area contributed by atoms with Crippen LogP contribution in [-0.2, 0) is 16.1 Å². The zero-order valence-electron chi connectivity index (χ0n) is 17.3. The molecule has 1 saturated heterocycles. The van der Waals surface area contributed by atoms with Crippen molar-refractivity contribution in [1.29, 1.82) is 0 Å². The van der Waals surface area contributed by atoms with Gasteiger partial charge in [-0.15, -0.1) is 0 Å². The Kier molecular flexibility index (Phi) is 4.58. The van der Waals surface area contributed by atoms with E-state index in [1.165, 1.54) is 0 Å². The van der Waals surface area contributed by atoms with Gasteiger partial charge in [-0.1, -0.05) is 0 Å². The summed E-state index contributed by atoms with van der Waals surface area (Å²) in [4.78, 5) is 17.7. The summed E-state index contributed by atoms with van der Waals surface area (Å²) in [5, 5.41) is 3.04. The lowest BCUT2D eigenvalue weighted by Gasteiger charge is -2.27. The number of halogens is 2. The molecular formula is C21H25F2N5O3. The minimum Gasteiger partial charge on any atom is -0.491 e. The zero-order chi connectivity index (χ0) is 21.9. The Labute approximate surface area is 178 Å². The minimum atomic E-state index is -2.52. The lowest BCUT2D eigenvalue weighted by Crippen LogP contribution is -2.44. The maximum absolute atomic E-state index is 14.0. The molecule has 2 fully saturated rings. The van der Waals surface area contributed by atoms with Crippen molar-refractivity contribution in [2.75, 3.05) is 16.8 Å². The Balaban J connectivity index is 1.49. The normalized spacial score (nSPS) is 24.4. The van der Waals surface area contributed by atoms with Crippen molar-refractivity contribution in [2.45, 2.75) is 63.6 Å². The highest BCUT2D eigenvalue weighted by atomic mass is 19.3. The number of carbonyl (C=O) groups is 1. The molecule has 3 heterocycles. The SMILES string of the molecule is CC1OC2(CC2)C(C(F)F)N1c1cn2c(n1)-c1ccc(N[C@@H](C)C(N)=O)cc1OCC2. The van der Waals surface area contributed by atoms with E-state index in [1.54, 1.807) is 31.0 Å². The predicted molar refractivity (Wildman–Crippen MR) is 110 cm³/mol. The van der Waals surface area contributed by atoms with Crippen molar-refractivity contribution in [1.82, 2.24) is 9.55 Å². The molecule has 1 aliphatic carbocycles. The molecule has 1 amide bonds. The predicted octanol–water partition coefficient (Wildman–Crippen LogP) is 2.58. The summed E-state index contributed by atoms with van der Waals surface area (Å²) in [7, 11) is 0. The van der Waals surface area contributed by atoms with E-state index in [1.807, 2.05) is 16.7 Å². The second-order valence-corrected chi connectivity index (χ2v) is 8.41. The number of anilines is 2. The number of aromatic nitrogens is 2. The number of hydrogen-bond acceptors (Lipinski definition) is 6. The molecule has 10 heteroatoms. The van der Waals surface area contributed by atoms with Crippen LogP contribution in [0.3, 0.4) is 0 Å². The Morgan fingerprint density at radius 1 is 1.39 bits per heavy atom. The smallest absolute Gasteiger partial charge is 0.261 e. The van der Waals surface area contributed by atoms with Crippen LogP contribution in [0.2, 0.25) is 0 Å².